The van der Waals surface area contributed by atoms with Crippen LogP contribution in [0.2, 0.25) is 0 Å². The molecule has 0 bridgehead atoms. The summed E-state index contributed by atoms with van der Waals surface area (Å²) in [7, 11) is 0. The normalized spacial score (nSPS) is 10.5. The summed E-state index contributed by atoms with van der Waals surface area (Å²) < 4.78 is 5.38. The zero-order chi connectivity index (χ0) is 10.5. The van der Waals surface area contributed by atoms with Crippen molar-refractivity contribution in [3.05, 3.63) is 30.3 Å². The van der Waals surface area contributed by atoms with Gasteiger partial charge < -0.3 is 9.52 Å². The zero-order valence-corrected chi connectivity index (χ0v) is 8.13. The maximum Gasteiger partial charge on any atom is 0.266 e. The van der Waals surface area contributed by atoms with Gasteiger partial charge in [0.25, 0.3) is 5.89 Å². The molecule has 78 valence electrons. The Morgan fingerprint density at radius 2 is 2.20 bits per heavy atom. The SMILES string of the molecule is OCCCc1nnc(-c2ccccn2)o1. The van der Waals surface area contributed by atoms with Gasteiger partial charge in [0, 0.05) is 19.2 Å². The lowest BCUT2D eigenvalue weighted by Crippen LogP contribution is -1.88. The van der Waals surface area contributed by atoms with Crippen LogP contribution in [0, 0.1) is 0 Å². The second-order valence-electron chi connectivity index (χ2n) is 3.04. The van der Waals surface area contributed by atoms with Crippen molar-refractivity contribution in [3.63, 3.8) is 0 Å². The Balaban J connectivity index is 2.14. The molecule has 1 N–H and O–H groups in total. The van der Waals surface area contributed by atoms with Crippen LogP contribution < -0.4 is 0 Å². The fourth-order valence-electron chi connectivity index (χ4n) is 1.18. The van der Waals surface area contributed by atoms with E-state index in [4.69, 9.17) is 9.52 Å². The minimum atomic E-state index is 0.126. The summed E-state index contributed by atoms with van der Waals surface area (Å²) in [4.78, 5) is 4.10. The molecule has 2 rings (SSSR count). The topological polar surface area (TPSA) is 72.0 Å². The highest BCUT2D eigenvalue weighted by atomic mass is 16.4. The number of aliphatic hydroxyl groups is 1. The van der Waals surface area contributed by atoms with Gasteiger partial charge in [0.05, 0.1) is 0 Å². The minimum absolute atomic E-state index is 0.126. The predicted molar refractivity (Wildman–Crippen MR) is 52.9 cm³/mol. The monoisotopic (exact) mass is 205 g/mol. The number of hydrogen-bond donors (Lipinski definition) is 1. The highest BCUT2D eigenvalue weighted by Gasteiger charge is 2.08. The number of hydrogen-bond acceptors (Lipinski definition) is 5. The van der Waals surface area contributed by atoms with E-state index in [1.807, 2.05) is 18.2 Å². The van der Waals surface area contributed by atoms with E-state index in [2.05, 4.69) is 15.2 Å². The molecule has 15 heavy (non-hydrogen) atoms. The van der Waals surface area contributed by atoms with E-state index < -0.39 is 0 Å². The number of aromatic nitrogens is 3. The Morgan fingerprint density at radius 1 is 1.27 bits per heavy atom. The third-order valence-corrected chi connectivity index (χ3v) is 1.90. The number of rotatable bonds is 4. The smallest absolute Gasteiger partial charge is 0.266 e. The third kappa shape index (κ3) is 2.38. The van der Waals surface area contributed by atoms with Crippen molar-refractivity contribution < 1.29 is 9.52 Å². The fourth-order valence-corrected chi connectivity index (χ4v) is 1.18. The molecule has 0 unspecified atom stereocenters. The first-order valence-corrected chi connectivity index (χ1v) is 4.75. The highest BCUT2D eigenvalue weighted by molar-refractivity contribution is 5.44. The van der Waals surface area contributed by atoms with Crippen LogP contribution in [-0.4, -0.2) is 26.9 Å². The van der Waals surface area contributed by atoms with Gasteiger partial charge in [0.15, 0.2) is 0 Å². The number of pyridine rings is 1. The van der Waals surface area contributed by atoms with Crippen LogP contribution in [0.15, 0.2) is 28.8 Å². The molecule has 0 saturated heterocycles. The maximum absolute atomic E-state index is 8.65. The fraction of sp³-hybridized carbons (Fsp3) is 0.300. The summed E-state index contributed by atoms with van der Waals surface area (Å²) in [6.07, 6.45) is 2.90. The van der Waals surface area contributed by atoms with Crippen LogP contribution in [0.1, 0.15) is 12.3 Å². The molecule has 0 saturated carbocycles. The summed E-state index contributed by atoms with van der Waals surface area (Å²) >= 11 is 0. The molecule has 0 spiro atoms. The van der Waals surface area contributed by atoms with Gasteiger partial charge in [-0.05, 0) is 18.6 Å². The lowest BCUT2D eigenvalue weighted by atomic mass is 10.3. The van der Waals surface area contributed by atoms with Crippen LogP contribution in [0.5, 0.6) is 0 Å². The van der Waals surface area contributed by atoms with Crippen molar-refractivity contribution in [1.29, 1.82) is 0 Å². The second-order valence-corrected chi connectivity index (χ2v) is 3.04. The first kappa shape index (κ1) is 9.79. The molecule has 2 heterocycles. The summed E-state index contributed by atoms with van der Waals surface area (Å²) in [6, 6.07) is 5.50. The van der Waals surface area contributed by atoms with E-state index in [1.54, 1.807) is 6.20 Å². The van der Waals surface area contributed by atoms with E-state index in [-0.39, 0.29) is 6.61 Å². The van der Waals surface area contributed by atoms with E-state index in [1.165, 1.54) is 0 Å². The van der Waals surface area contributed by atoms with E-state index >= 15 is 0 Å². The Bertz CT molecular complexity index is 414. The standard InChI is InChI=1S/C10H11N3O2/c14-7-3-5-9-12-13-10(15-9)8-4-1-2-6-11-8/h1-2,4,6,14H,3,5,7H2. The molecule has 0 aliphatic heterocycles. The molecule has 0 radical (unpaired) electrons. The number of nitrogens with zero attached hydrogens (tertiary/aromatic N) is 3. The lowest BCUT2D eigenvalue weighted by Gasteiger charge is -1.91. The summed E-state index contributed by atoms with van der Waals surface area (Å²) in [5.74, 6) is 0.952. The van der Waals surface area contributed by atoms with Gasteiger partial charge in [-0.3, -0.25) is 4.98 Å². The van der Waals surface area contributed by atoms with Gasteiger partial charge in [-0.15, -0.1) is 10.2 Å². The van der Waals surface area contributed by atoms with Crippen molar-refractivity contribution in [2.45, 2.75) is 12.8 Å². The van der Waals surface area contributed by atoms with Gasteiger partial charge in [-0.1, -0.05) is 6.07 Å². The molecule has 0 fully saturated rings. The Kier molecular flexibility index (Phi) is 3.04. The first-order chi connectivity index (χ1) is 7.40. The first-order valence-electron chi connectivity index (χ1n) is 4.75. The molecular weight excluding hydrogens is 194 g/mol. The van der Waals surface area contributed by atoms with Gasteiger partial charge >= 0.3 is 0 Å². The van der Waals surface area contributed by atoms with Crippen LogP contribution >= 0.6 is 0 Å². The molecule has 2 aromatic rings. The molecule has 0 amide bonds. The average Bonchev–Trinajstić information content (AvgIpc) is 2.76. The summed E-state index contributed by atoms with van der Waals surface area (Å²) in [6.45, 7) is 0.126. The second kappa shape index (κ2) is 4.65. The van der Waals surface area contributed by atoms with Gasteiger partial charge in [0.1, 0.15) is 5.69 Å². The molecule has 5 heteroatoms. The van der Waals surface area contributed by atoms with Crippen molar-refractivity contribution in [1.82, 2.24) is 15.2 Å². The zero-order valence-electron chi connectivity index (χ0n) is 8.13. The van der Waals surface area contributed by atoms with Crippen LogP contribution in [0.4, 0.5) is 0 Å². The third-order valence-electron chi connectivity index (χ3n) is 1.90. The van der Waals surface area contributed by atoms with Crippen molar-refractivity contribution in [2.75, 3.05) is 6.61 Å². The quantitative estimate of drug-likeness (QED) is 0.807. The molecule has 0 aliphatic rings. The van der Waals surface area contributed by atoms with Gasteiger partial charge in [-0.2, -0.15) is 0 Å². The summed E-state index contributed by atoms with van der Waals surface area (Å²) in [5, 5.41) is 16.4. The molecular formula is C10H11N3O2. The molecule has 0 aromatic carbocycles. The predicted octanol–water partition coefficient (Wildman–Crippen LogP) is 1.06. The molecule has 2 aromatic heterocycles. The Labute approximate surface area is 86.8 Å². The van der Waals surface area contributed by atoms with E-state index in [9.17, 15) is 0 Å². The molecule has 0 aliphatic carbocycles. The van der Waals surface area contributed by atoms with E-state index in [0.717, 1.165) is 0 Å². The van der Waals surface area contributed by atoms with Gasteiger partial charge in [-0.25, -0.2) is 0 Å². The Hall–Kier alpha value is -1.75. The van der Waals surface area contributed by atoms with E-state index in [0.29, 0.717) is 30.3 Å². The summed E-state index contributed by atoms with van der Waals surface area (Å²) in [5.41, 5.74) is 0.667. The van der Waals surface area contributed by atoms with Crippen LogP contribution in [0.25, 0.3) is 11.6 Å². The van der Waals surface area contributed by atoms with Crippen molar-refractivity contribution in [3.8, 4) is 11.6 Å². The van der Waals surface area contributed by atoms with Crippen molar-refractivity contribution >= 4 is 0 Å². The molecule has 5 nitrogen and oxygen atoms in total. The number of aliphatic hydroxyl groups excluding tert-OH is 1. The Morgan fingerprint density at radius 3 is 2.93 bits per heavy atom. The largest absolute Gasteiger partial charge is 0.419 e. The van der Waals surface area contributed by atoms with Crippen LogP contribution in [-0.2, 0) is 6.42 Å². The van der Waals surface area contributed by atoms with Crippen LogP contribution in [0.3, 0.4) is 0 Å². The average molecular weight is 205 g/mol. The van der Waals surface area contributed by atoms with Crippen molar-refractivity contribution in [2.24, 2.45) is 0 Å². The minimum Gasteiger partial charge on any atom is -0.419 e. The molecule has 0 atom stereocenters. The van der Waals surface area contributed by atoms with Gasteiger partial charge in [0.2, 0.25) is 5.89 Å². The number of aryl methyl sites for hydroxylation is 1. The highest BCUT2D eigenvalue weighted by Crippen LogP contribution is 2.14. The maximum atomic E-state index is 8.65. The lowest BCUT2D eigenvalue weighted by molar-refractivity contribution is 0.283.